The summed E-state index contributed by atoms with van der Waals surface area (Å²) in [6.07, 6.45) is 7.98. The highest BCUT2D eigenvalue weighted by molar-refractivity contribution is 6.32. The number of hydrogen-bond donors (Lipinski definition) is 1. The Labute approximate surface area is 213 Å². The van der Waals surface area contributed by atoms with Crippen LogP contribution in [0.1, 0.15) is 56.0 Å². The maximum atomic E-state index is 15.4. The number of rotatable bonds is 5. The molecule has 2 aromatic heterocycles. The lowest BCUT2D eigenvalue weighted by molar-refractivity contribution is 0.0831. The molecule has 6 rings (SSSR count). The van der Waals surface area contributed by atoms with Crippen LogP contribution in [0, 0.1) is 17.2 Å². The summed E-state index contributed by atoms with van der Waals surface area (Å²) < 4.78 is 17.3. The lowest BCUT2D eigenvalue weighted by Crippen LogP contribution is -2.45. The fourth-order valence-electron chi connectivity index (χ4n) is 5.55. The third kappa shape index (κ3) is 4.46. The number of halogens is 3. The Morgan fingerprint density at radius 3 is 2.66 bits per heavy atom. The molecule has 0 spiro atoms. The van der Waals surface area contributed by atoms with Crippen molar-refractivity contribution in [2.75, 3.05) is 18.4 Å². The average Bonchev–Trinajstić information content (AvgIpc) is 3.47. The quantitative estimate of drug-likeness (QED) is 0.448. The van der Waals surface area contributed by atoms with Crippen molar-refractivity contribution >= 4 is 45.7 Å². The number of benzene rings is 1. The second-order valence-electron chi connectivity index (χ2n) is 9.97. The number of aromatic nitrogens is 4. The maximum Gasteiger partial charge on any atom is 0.227 e. The fourth-order valence-corrected chi connectivity index (χ4v) is 6.14. The van der Waals surface area contributed by atoms with E-state index in [2.05, 4.69) is 31.4 Å². The van der Waals surface area contributed by atoms with Gasteiger partial charge < -0.3 is 5.32 Å². The lowest BCUT2D eigenvalue weighted by Gasteiger charge is -2.38. The zero-order valence-electron chi connectivity index (χ0n) is 19.2. The molecule has 3 fully saturated rings. The SMILES string of the molecule is N#CC1CCC(N2CC[C@@H](c3cc4nc(Nc5cnn(C6CC6)c5Cl)ncc4cc3Cl)[C@H](F)C2)C1. The minimum absolute atomic E-state index is 0.103. The van der Waals surface area contributed by atoms with Crippen LogP contribution in [0.15, 0.2) is 24.5 Å². The zero-order valence-corrected chi connectivity index (χ0v) is 20.7. The Kier molecular flexibility index (Phi) is 6.03. The maximum absolute atomic E-state index is 15.4. The number of anilines is 2. The van der Waals surface area contributed by atoms with Crippen LogP contribution < -0.4 is 5.32 Å². The van der Waals surface area contributed by atoms with Crippen molar-refractivity contribution < 1.29 is 4.39 Å². The van der Waals surface area contributed by atoms with Crippen LogP contribution in [0.5, 0.6) is 0 Å². The van der Waals surface area contributed by atoms with Gasteiger partial charge >= 0.3 is 0 Å². The van der Waals surface area contributed by atoms with Gasteiger partial charge in [0.15, 0.2) is 5.15 Å². The van der Waals surface area contributed by atoms with Crippen LogP contribution in [0.3, 0.4) is 0 Å². The standard InChI is InChI=1S/C25H26Cl2FN7/c26-20-8-15-11-30-25(33-23-12-31-35(24(23)27)16-3-4-16)32-22(15)9-19(20)18-5-6-34(13-21(18)28)17-2-1-14(7-17)10-29/h8-9,11-12,14,16-18,21H,1-7,13H2,(H,30,32,33)/t14?,17?,18-,21+/m0/s1. The molecule has 2 saturated carbocycles. The highest BCUT2D eigenvalue weighted by Crippen LogP contribution is 2.40. The van der Waals surface area contributed by atoms with Crippen molar-refractivity contribution in [1.82, 2.24) is 24.6 Å². The van der Waals surface area contributed by atoms with Gasteiger partial charge in [-0.1, -0.05) is 23.2 Å². The number of nitrogens with one attached hydrogen (secondary N) is 1. The molecular weight excluding hydrogens is 488 g/mol. The summed E-state index contributed by atoms with van der Waals surface area (Å²) in [6, 6.07) is 6.77. The molecule has 1 saturated heterocycles. The van der Waals surface area contributed by atoms with Gasteiger partial charge in [-0.2, -0.15) is 10.4 Å². The predicted octanol–water partition coefficient (Wildman–Crippen LogP) is 6.03. The highest BCUT2D eigenvalue weighted by Gasteiger charge is 2.37. The van der Waals surface area contributed by atoms with E-state index in [-0.39, 0.29) is 11.8 Å². The molecule has 7 nitrogen and oxygen atoms in total. The van der Waals surface area contributed by atoms with Crippen LogP contribution in [-0.2, 0) is 0 Å². The smallest absolute Gasteiger partial charge is 0.227 e. The van der Waals surface area contributed by atoms with Crippen molar-refractivity contribution in [1.29, 1.82) is 5.26 Å². The summed E-state index contributed by atoms with van der Waals surface area (Å²) in [6.45, 7) is 1.18. The van der Waals surface area contributed by atoms with Crippen molar-refractivity contribution in [2.45, 2.75) is 62.7 Å². The molecule has 3 heterocycles. The molecule has 2 aliphatic carbocycles. The van der Waals surface area contributed by atoms with Crippen LogP contribution in [0.4, 0.5) is 16.0 Å². The van der Waals surface area contributed by atoms with Gasteiger partial charge in [0, 0.05) is 41.0 Å². The normalized spacial score (nSPS) is 27.3. The van der Waals surface area contributed by atoms with Gasteiger partial charge in [-0.05, 0) is 62.8 Å². The number of fused-ring (bicyclic) bond motifs is 1. The first kappa shape index (κ1) is 23.0. The summed E-state index contributed by atoms with van der Waals surface area (Å²) >= 11 is 13.1. The van der Waals surface area contributed by atoms with E-state index >= 15 is 4.39 Å². The van der Waals surface area contributed by atoms with Gasteiger partial charge in [-0.3, -0.25) is 4.90 Å². The van der Waals surface area contributed by atoms with Gasteiger partial charge in [0.2, 0.25) is 5.95 Å². The molecule has 0 bridgehead atoms. The number of alkyl halides is 1. The third-order valence-electron chi connectivity index (χ3n) is 7.65. The fraction of sp³-hybridized carbons (Fsp3) is 0.520. The second kappa shape index (κ2) is 9.20. The molecule has 10 heteroatoms. The van der Waals surface area contributed by atoms with E-state index in [0.29, 0.717) is 52.4 Å². The van der Waals surface area contributed by atoms with Crippen LogP contribution >= 0.6 is 23.2 Å². The van der Waals surface area contributed by atoms with E-state index in [1.54, 1.807) is 12.4 Å². The van der Waals surface area contributed by atoms with Crippen molar-refractivity contribution in [3.63, 3.8) is 0 Å². The third-order valence-corrected chi connectivity index (χ3v) is 8.35. The van der Waals surface area contributed by atoms with E-state index < -0.39 is 6.17 Å². The van der Waals surface area contributed by atoms with Crippen molar-refractivity contribution in [2.24, 2.45) is 5.92 Å². The Hall–Kier alpha value is -2.47. The largest absolute Gasteiger partial charge is 0.320 e. The number of hydrogen-bond acceptors (Lipinski definition) is 6. The van der Waals surface area contributed by atoms with E-state index in [0.717, 1.165) is 49.6 Å². The predicted molar refractivity (Wildman–Crippen MR) is 134 cm³/mol. The van der Waals surface area contributed by atoms with Gasteiger partial charge in [0.1, 0.15) is 6.17 Å². The monoisotopic (exact) mass is 513 g/mol. The molecule has 1 aliphatic heterocycles. The first-order valence-corrected chi connectivity index (χ1v) is 13.0. The van der Waals surface area contributed by atoms with Gasteiger partial charge in [0.05, 0.1) is 29.5 Å². The van der Waals surface area contributed by atoms with Crippen molar-refractivity contribution in [3.8, 4) is 6.07 Å². The van der Waals surface area contributed by atoms with Crippen LogP contribution in [0.25, 0.3) is 10.9 Å². The summed E-state index contributed by atoms with van der Waals surface area (Å²) in [7, 11) is 0. The van der Waals surface area contributed by atoms with E-state index in [1.807, 2.05) is 16.8 Å². The van der Waals surface area contributed by atoms with Gasteiger partial charge in [-0.15, -0.1) is 0 Å². The lowest BCUT2D eigenvalue weighted by atomic mass is 9.86. The number of nitriles is 1. The highest BCUT2D eigenvalue weighted by atomic mass is 35.5. The van der Waals surface area contributed by atoms with Gasteiger partial charge in [0.25, 0.3) is 0 Å². The minimum atomic E-state index is -1.02. The first-order chi connectivity index (χ1) is 17.0. The topological polar surface area (TPSA) is 82.7 Å². The van der Waals surface area contributed by atoms with Crippen LogP contribution in [0.2, 0.25) is 10.2 Å². The summed E-state index contributed by atoms with van der Waals surface area (Å²) in [5.74, 6) is 0.225. The second-order valence-corrected chi connectivity index (χ2v) is 10.7. The Morgan fingerprint density at radius 2 is 1.91 bits per heavy atom. The molecule has 3 aliphatic rings. The molecule has 0 radical (unpaired) electrons. The van der Waals surface area contributed by atoms with E-state index in [9.17, 15) is 5.26 Å². The molecule has 3 aromatic rings. The zero-order chi connectivity index (χ0) is 24.1. The molecule has 35 heavy (non-hydrogen) atoms. The van der Waals surface area contributed by atoms with E-state index in [1.165, 1.54) is 0 Å². The minimum Gasteiger partial charge on any atom is -0.320 e. The average molecular weight is 514 g/mol. The Bertz CT molecular complexity index is 1300. The molecule has 2 unspecified atom stereocenters. The van der Waals surface area contributed by atoms with Crippen LogP contribution in [-0.4, -0.2) is 50.0 Å². The molecule has 0 amide bonds. The summed E-state index contributed by atoms with van der Waals surface area (Å²) in [5.41, 5.74) is 2.15. The Morgan fingerprint density at radius 1 is 1.09 bits per heavy atom. The molecule has 1 aromatic carbocycles. The molecule has 4 atom stereocenters. The summed E-state index contributed by atoms with van der Waals surface area (Å²) in [4.78, 5) is 11.3. The molecule has 1 N–H and O–H groups in total. The van der Waals surface area contributed by atoms with E-state index in [4.69, 9.17) is 23.2 Å². The number of likely N-dealkylation sites (tertiary alicyclic amines) is 1. The van der Waals surface area contributed by atoms with Gasteiger partial charge in [-0.25, -0.2) is 19.0 Å². The summed E-state index contributed by atoms with van der Waals surface area (Å²) in [5, 5.41) is 18.6. The Balaban J connectivity index is 1.21. The number of piperidine rings is 1. The van der Waals surface area contributed by atoms with Crippen molar-refractivity contribution in [3.05, 3.63) is 40.3 Å². The molecule has 182 valence electrons. The first-order valence-electron chi connectivity index (χ1n) is 12.2. The molecular formula is C25H26Cl2FN7. The number of nitrogens with zero attached hydrogens (tertiary/aromatic N) is 6.